The molecule has 4 heteroatoms. The summed E-state index contributed by atoms with van der Waals surface area (Å²) in [5.74, 6) is 0.139. The van der Waals surface area contributed by atoms with E-state index in [-0.39, 0.29) is 11.9 Å². The Hall–Kier alpha value is -1.39. The number of benzene rings is 1. The van der Waals surface area contributed by atoms with Crippen molar-refractivity contribution in [3.05, 3.63) is 35.9 Å². The fourth-order valence-electron chi connectivity index (χ4n) is 3.58. The smallest absolute Gasteiger partial charge is 0.237 e. The maximum absolute atomic E-state index is 12.3. The monoisotopic (exact) mass is 332 g/mol. The Kier molecular flexibility index (Phi) is 7.73. The summed E-state index contributed by atoms with van der Waals surface area (Å²) in [6, 6.07) is 11.3. The van der Waals surface area contributed by atoms with Crippen molar-refractivity contribution in [1.29, 1.82) is 0 Å². The summed E-state index contributed by atoms with van der Waals surface area (Å²) < 4.78 is 5.65. The molecular weight excluding hydrogens is 300 g/mol. The number of likely N-dealkylation sites (tertiary alicyclic amines) is 1. The predicted octanol–water partition coefficient (Wildman–Crippen LogP) is 3.01. The largest absolute Gasteiger partial charge is 0.381 e. The average molecular weight is 332 g/mol. The number of rotatable bonds is 9. The molecule has 3 atom stereocenters. The molecule has 0 spiro atoms. The first kappa shape index (κ1) is 18.9. The fraction of sp³-hybridized carbons (Fsp3) is 0.650. The molecule has 1 fully saturated rings. The lowest BCUT2D eigenvalue weighted by atomic mass is 10.2. The van der Waals surface area contributed by atoms with Crippen LogP contribution in [0.5, 0.6) is 0 Å². The highest BCUT2D eigenvalue weighted by atomic mass is 16.5. The molecule has 4 nitrogen and oxygen atoms in total. The number of nitrogens with one attached hydrogen (secondary N) is 1. The first-order valence-electron chi connectivity index (χ1n) is 9.26. The van der Waals surface area contributed by atoms with E-state index >= 15 is 0 Å². The molecule has 24 heavy (non-hydrogen) atoms. The minimum atomic E-state index is -0.0449. The Morgan fingerprint density at radius 2 is 1.88 bits per heavy atom. The van der Waals surface area contributed by atoms with Crippen molar-refractivity contribution in [1.82, 2.24) is 10.2 Å². The normalized spacial score (nSPS) is 22.5. The number of ether oxygens (including phenoxy) is 1. The standard InChI is InChI=1S/C20H32N2O2/c1-16-10-11-17(2)22(16)18(3)20(23)21-13-7-14-24-15-12-19-8-5-4-6-9-19/h4-6,8-9,16-18H,7,10-15H2,1-3H3,(H,21,23). The van der Waals surface area contributed by atoms with Gasteiger partial charge in [0, 0.05) is 25.2 Å². The molecule has 1 aliphatic heterocycles. The highest BCUT2D eigenvalue weighted by molar-refractivity contribution is 5.81. The molecule has 1 saturated heterocycles. The second kappa shape index (κ2) is 9.80. The molecule has 1 heterocycles. The zero-order chi connectivity index (χ0) is 17.4. The number of nitrogens with zero attached hydrogens (tertiary/aromatic N) is 1. The number of amides is 1. The third kappa shape index (κ3) is 5.60. The third-order valence-corrected chi connectivity index (χ3v) is 4.99. The SMILES string of the molecule is CC1CCC(C)N1C(C)C(=O)NCCCOCCc1ccccc1. The molecule has 3 unspecified atom stereocenters. The third-order valence-electron chi connectivity index (χ3n) is 4.99. The van der Waals surface area contributed by atoms with Crippen LogP contribution >= 0.6 is 0 Å². The molecule has 1 amide bonds. The van der Waals surface area contributed by atoms with Gasteiger partial charge < -0.3 is 10.1 Å². The van der Waals surface area contributed by atoms with Gasteiger partial charge in [-0.1, -0.05) is 30.3 Å². The maximum atomic E-state index is 12.3. The molecule has 1 N–H and O–H groups in total. The first-order chi connectivity index (χ1) is 11.6. The van der Waals surface area contributed by atoms with E-state index in [2.05, 4.69) is 36.2 Å². The van der Waals surface area contributed by atoms with Crippen LogP contribution in [0.3, 0.4) is 0 Å². The number of hydrogen-bond acceptors (Lipinski definition) is 3. The number of carbonyl (C=O) groups is 1. The van der Waals surface area contributed by atoms with Gasteiger partial charge in [0.05, 0.1) is 12.6 Å². The average Bonchev–Trinajstić information content (AvgIpc) is 2.92. The van der Waals surface area contributed by atoms with Gasteiger partial charge in [0.25, 0.3) is 0 Å². The molecule has 0 aromatic heterocycles. The fourth-order valence-corrected chi connectivity index (χ4v) is 3.58. The Labute approximate surface area is 146 Å². The van der Waals surface area contributed by atoms with E-state index in [9.17, 15) is 4.79 Å². The molecule has 0 saturated carbocycles. The molecule has 2 rings (SSSR count). The quantitative estimate of drug-likeness (QED) is 0.707. The Morgan fingerprint density at radius 1 is 1.21 bits per heavy atom. The molecule has 0 radical (unpaired) electrons. The van der Waals surface area contributed by atoms with Gasteiger partial charge in [-0.2, -0.15) is 0 Å². The second-order valence-electron chi connectivity index (χ2n) is 6.89. The van der Waals surface area contributed by atoms with Gasteiger partial charge in [0.1, 0.15) is 0 Å². The van der Waals surface area contributed by atoms with E-state index in [1.165, 1.54) is 18.4 Å². The molecular formula is C20H32N2O2. The minimum absolute atomic E-state index is 0.0449. The predicted molar refractivity (Wildman–Crippen MR) is 98.1 cm³/mol. The van der Waals surface area contributed by atoms with Crippen LogP contribution in [0.4, 0.5) is 0 Å². The van der Waals surface area contributed by atoms with E-state index in [1.807, 2.05) is 25.1 Å². The van der Waals surface area contributed by atoms with Crippen molar-refractivity contribution >= 4 is 5.91 Å². The van der Waals surface area contributed by atoms with Crippen molar-refractivity contribution in [2.24, 2.45) is 0 Å². The Morgan fingerprint density at radius 3 is 2.54 bits per heavy atom. The van der Waals surface area contributed by atoms with E-state index in [1.54, 1.807) is 0 Å². The van der Waals surface area contributed by atoms with Crippen LogP contribution in [0.1, 0.15) is 45.6 Å². The molecule has 134 valence electrons. The zero-order valence-corrected chi connectivity index (χ0v) is 15.3. The lowest BCUT2D eigenvalue weighted by Gasteiger charge is -2.31. The van der Waals surface area contributed by atoms with Gasteiger partial charge >= 0.3 is 0 Å². The number of carbonyl (C=O) groups excluding carboxylic acids is 1. The van der Waals surface area contributed by atoms with Crippen LogP contribution in [-0.4, -0.2) is 48.7 Å². The van der Waals surface area contributed by atoms with Crippen LogP contribution in [-0.2, 0) is 16.0 Å². The summed E-state index contributed by atoms with van der Waals surface area (Å²) in [5.41, 5.74) is 1.30. The van der Waals surface area contributed by atoms with Crippen LogP contribution in [0, 0.1) is 0 Å². The van der Waals surface area contributed by atoms with Gasteiger partial charge in [-0.15, -0.1) is 0 Å². The highest BCUT2D eigenvalue weighted by Crippen LogP contribution is 2.25. The summed E-state index contributed by atoms with van der Waals surface area (Å²) in [6.45, 7) is 8.56. The van der Waals surface area contributed by atoms with Gasteiger partial charge in [0.2, 0.25) is 5.91 Å². The molecule has 0 bridgehead atoms. The molecule has 1 aliphatic rings. The maximum Gasteiger partial charge on any atom is 0.237 e. The summed E-state index contributed by atoms with van der Waals surface area (Å²) in [4.78, 5) is 14.6. The van der Waals surface area contributed by atoms with E-state index < -0.39 is 0 Å². The second-order valence-corrected chi connectivity index (χ2v) is 6.89. The summed E-state index contributed by atoms with van der Waals surface area (Å²) in [7, 11) is 0. The van der Waals surface area contributed by atoms with Gasteiger partial charge in [-0.05, 0) is 52.0 Å². The van der Waals surface area contributed by atoms with Gasteiger partial charge in [-0.25, -0.2) is 0 Å². The van der Waals surface area contributed by atoms with Crippen molar-refractivity contribution in [3.63, 3.8) is 0 Å². The summed E-state index contributed by atoms with van der Waals surface area (Å²) in [5, 5.41) is 3.05. The van der Waals surface area contributed by atoms with Crippen molar-refractivity contribution < 1.29 is 9.53 Å². The van der Waals surface area contributed by atoms with E-state index in [0.717, 1.165) is 19.4 Å². The van der Waals surface area contributed by atoms with Crippen molar-refractivity contribution in [2.75, 3.05) is 19.8 Å². The summed E-state index contributed by atoms with van der Waals surface area (Å²) >= 11 is 0. The molecule has 1 aromatic carbocycles. The molecule has 1 aromatic rings. The molecule has 0 aliphatic carbocycles. The topological polar surface area (TPSA) is 41.6 Å². The first-order valence-corrected chi connectivity index (χ1v) is 9.26. The van der Waals surface area contributed by atoms with Crippen LogP contribution < -0.4 is 5.32 Å². The zero-order valence-electron chi connectivity index (χ0n) is 15.3. The lowest BCUT2D eigenvalue weighted by molar-refractivity contribution is -0.126. The van der Waals surface area contributed by atoms with Crippen molar-refractivity contribution in [3.8, 4) is 0 Å². The lowest BCUT2D eigenvalue weighted by Crippen LogP contribution is -2.49. The van der Waals surface area contributed by atoms with Gasteiger partial charge in [0.15, 0.2) is 0 Å². The van der Waals surface area contributed by atoms with Crippen LogP contribution in [0.15, 0.2) is 30.3 Å². The van der Waals surface area contributed by atoms with Crippen LogP contribution in [0.2, 0.25) is 0 Å². The minimum Gasteiger partial charge on any atom is -0.381 e. The summed E-state index contributed by atoms with van der Waals surface area (Å²) in [6.07, 6.45) is 4.18. The Balaban J connectivity index is 1.54. The van der Waals surface area contributed by atoms with Gasteiger partial charge in [-0.3, -0.25) is 9.69 Å². The van der Waals surface area contributed by atoms with Crippen molar-refractivity contribution in [2.45, 2.75) is 64.6 Å². The Bertz CT molecular complexity index is 482. The van der Waals surface area contributed by atoms with E-state index in [0.29, 0.717) is 25.2 Å². The number of hydrogen-bond donors (Lipinski definition) is 1. The van der Waals surface area contributed by atoms with E-state index in [4.69, 9.17) is 4.74 Å². The van der Waals surface area contributed by atoms with Crippen LogP contribution in [0.25, 0.3) is 0 Å². The highest BCUT2D eigenvalue weighted by Gasteiger charge is 2.33.